The summed E-state index contributed by atoms with van der Waals surface area (Å²) < 4.78 is 11.7. The molecule has 0 saturated carbocycles. The highest BCUT2D eigenvalue weighted by atomic mass is 16.5. The quantitative estimate of drug-likeness (QED) is 0.934. The number of para-hydroxylation sites is 2. The second-order valence-electron chi connectivity index (χ2n) is 5.76. The Hall–Kier alpha value is -2.00. The van der Waals surface area contributed by atoms with Gasteiger partial charge in [-0.2, -0.15) is 0 Å². The van der Waals surface area contributed by atoms with Gasteiger partial charge in [0.1, 0.15) is 17.6 Å². The molecule has 3 heteroatoms. The lowest BCUT2D eigenvalue weighted by Gasteiger charge is -2.14. The minimum absolute atomic E-state index is 0.250. The van der Waals surface area contributed by atoms with Crippen LogP contribution in [0.15, 0.2) is 48.5 Å². The Labute approximate surface area is 124 Å². The molecule has 0 radical (unpaired) electrons. The Morgan fingerprint density at radius 3 is 2.67 bits per heavy atom. The summed E-state index contributed by atoms with van der Waals surface area (Å²) in [4.78, 5) is 0. The van der Waals surface area contributed by atoms with Crippen molar-refractivity contribution >= 4 is 0 Å². The highest BCUT2D eigenvalue weighted by Crippen LogP contribution is 2.33. The first-order valence-electron chi connectivity index (χ1n) is 7.57. The third-order valence-corrected chi connectivity index (χ3v) is 4.28. The average molecular weight is 281 g/mol. The van der Waals surface area contributed by atoms with Crippen LogP contribution in [0.2, 0.25) is 0 Å². The van der Waals surface area contributed by atoms with Crippen LogP contribution in [0.3, 0.4) is 0 Å². The molecule has 2 unspecified atom stereocenters. The van der Waals surface area contributed by atoms with E-state index in [-0.39, 0.29) is 6.10 Å². The molecule has 0 saturated heterocycles. The Kier molecular flexibility index (Phi) is 3.28. The monoisotopic (exact) mass is 281 g/mol. The lowest BCUT2D eigenvalue weighted by Crippen LogP contribution is -2.33. The zero-order valence-electron chi connectivity index (χ0n) is 11.9. The molecule has 2 atom stereocenters. The Balaban J connectivity index is 1.30. The third kappa shape index (κ3) is 2.49. The molecule has 2 heterocycles. The maximum absolute atomic E-state index is 5.95. The Morgan fingerprint density at radius 1 is 0.952 bits per heavy atom. The van der Waals surface area contributed by atoms with E-state index in [4.69, 9.17) is 9.47 Å². The van der Waals surface area contributed by atoms with E-state index in [1.807, 2.05) is 18.2 Å². The summed E-state index contributed by atoms with van der Waals surface area (Å²) in [5.74, 6) is 2.53. The normalized spacial score (nSPS) is 22.3. The number of benzene rings is 2. The zero-order chi connectivity index (χ0) is 14.1. The first kappa shape index (κ1) is 12.7. The maximum Gasteiger partial charge on any atom is 0.123 e. The van der Waals surface area contributed by atoms with Gasteiger partial charge in [-0.1, -0.05) is 36.4 Å². The Bertz CT molecular complexity index is 616. The van der Waals surface area contributed by atoms with E-state index in [0.717, 1.165) is 37.6 Å². The van der Waals surface area contributed by atoms with Crippen molar-refractivity contribution in [3.05, 3.63) is 59.7 Å². The average Bonchev–Trinajstić information content (AvgIpc) is 3.11. The molecule has 2 aliphatic heterocycles. The zero-order valence-corrected chi connectivity index (χ0v) is 11.9. The summed E-state index contributed by atoms with van der Waals surface area (Å²) >= 11 is 0. The molecular weight excluding hydrogens is 262 g/mol. The Morgan fingerprint density at radius 2 is 1.76 bits per heavy atom. The van der Waals surface area contributed by atoms with Crippen LogP contribution in [0.5, 0.6) is 11.5 Å². The number of hydrogen-bond acceptors (Lipinski definition) is 3. The fourth-order valence-electron chi connectivity index (χ4n) is 3.18. The SMILES string of the molecule is c1ccc2c(c1)CC(CNCC1COc3ccccc31)O2. The second-order valence-corrected chi connectivity index (χ2v) is 5.76. The van der Waals surface area contributed by atoms with E-state index >= 15 is 0 Å². The van der Waals surface area contributed by atoms with Crippen molar-refractivity contribution < 1.29 is 9.47 Å². The summed E-state index contributed by atoms with van der Waals surface area (Å²) in [5, 5.41) is 3.54. The maximum atomic E-state index is 5.95. The van der Waals surface area contributed by atoms with Crippen molar-refractivity contribution in [1.29, 1.82) is 0 Å². The molecular formula is C18H19NO2. The second kappa shape index (κ2) is 5.41. The van der Waals surface area contributed by atoms with Crippen LogP contribution >= 0.6 is 0 Å². The lowest BCUT2D eigenvalue weighted by molar-refractivity contribution is 0.225. The van der Waals surface area contributed by atoms with Crippen LogP contribution in [0.25, 0.3) is 0 Å². The smallest absolute Gasteiger partial charge is 0.123 e. The first-order valence-corrected chi connectivity index (χ1v) is 7.57. The van der Waals surface area contributed by atoms with Crippen LogP contribution < -0.4 is 14.8 Å². The van der Waals surface area contributed by atoms with Crippen molar-refractivity contribution in [2.24, 2.45) is 0 Å². The van der Waals surface area contributed by atoms with Crippen LogP contribution in [-0.4, -0.2) is 25.8 Å². The van der Waals surface area contributed by atoms with Gasteiger partial charge in [0.05, 0.1) is 6.61 Å². The summed E-state index contributed by atoms with van der Waals surface area (Å²) in [6.45, 7) is 2.60. The topological polar surface area (TPSA) is 30.5 Å². The van der Waals surface area contributed by atoms with Crippen molar-refractivity contribution in [3.8, 4) is 11.5 Å². The molecule has 21 heavy (non-hydrogen) atoms. The fraction of sp³-hybridized carbons (Fsp3) is 0.333. The number of fused-ring (bicyclic) bond motifs is 2. The molecule has 0 fully saturated rings. The van der Waals surface area contributed by atoms with Gasteiger partial charge in [0, 0.05) is 31.0 Å². The van der Waals surface area contributed by atoms with E-state index in [0.29, 0.717) is 5.92 Å². The molecule has 0 bridgehead atoms. The van der Waals surface area contributed by atoms with Crippen LogP contribution in [0.1, 0.15) is 17.0 Å². The molecule has 2 aromatic rings. The van der Waals surface area contributed by atoms with Crippen LogP contribution in [-0.2, 0) is 6.42 Å². The standard InChI is InChI=1S/C18H19NO2/c1-3-7-17-13(5-1)9-15(21-17)11-19-10-14-12-20-18-8-4-2-6-16(14)18/h1-8,14-15,19H,9-12H2. The van der Waals surface area contributed by atoms with E-state index < -0.39 is 0 Å². The molecule has 2 aromatic carbocycles. The first-order chi connectivity index (χ1) is 10.4. The van der Waals surface area contributed by atoms with Gasteiger partial charge in [0.25, 0.3) is 0 Å². The summed E-state index contributed by atoms with van der Waals surface area (Å²) in [6.07, 6.45) is 1.25. The fourth-order valence-corrected chi connectivity index (χ4v) is 3.18. The van der Waals surface area contributed by atoms with E-state index in [1.54, 1.807) is 0 Å². The van der Waals surface area contributed by atoms with Crippen LogP contribution in [0, 0.1) is 0 Å². The highest BCUT2D eigenvalue weighted by molar-refractivity contribution is 5.40. The van der Waals surface area contributed by atoms with Gasteiger partial charge >= 0.3 is 0 Å². The van der Waals surface area contributed by atoms with Gasteiger partial charge < -0.3 is 14.8 Å². The number of rotatable bonds is 4. The van der Waals surface area contributed by atoms with Crippen molar-refractivity contribution in [1.82, 2.24) is 5.32 Å². The molecule has 1 N–H and O–H groups in total. The molecule has 4 rings (SSSR count). The predicted molar refractivity (Wildman–Crippen MR) is 82.1 cm³/mol. The van der Waals surface area contributed by atoms with E-state index in [1.165, 1.54) is 11.1 Å². The molecule has 0 amide bonds. The van der Waals surface area contributed by atoms with Crippen molar-refractivity contribution in [3.63, 3.8) is 0 Å². The minimum Gasteiger partial charge on any atom is -0.493 e. The molecule has 0 aromatic heterocycles. The van der Waals surface area contributed by atoms with Gasteiger partial charge in [-0.05, 0) is 17.7 Å². The van der Waals surface area contributed by atoms with Crippen molar-refractivity contribution in [2.45, 2.75) is 18.4 Å². The highest BCUT2D eigenvalue weighted by Gasteiger charge is 2.25. The number of nitrogens with one attached hydrogen (secondary N) is 1. The van der Waals surface area contributed by atoms with E-state index in [9.17, 15) is 0 Å². The predicted octanol–water partition coefficient (Wildman–Crippen LogP) is 2.76. The van der Waals surface area contributed by atoms with E-state index in [2.05, 4.69) is 35.6 Å². The number of ether oxygens (including phenoxy) is 2. The van der Waals surface area contributed by atoms with Gasteiger partial charge in [0.2, 0.25) is 0 Å². The van der Waals surface area contributed by atoms with Crippen LogP contribution in [0.4, 0.5) is 0 Å². The van der Waals surface area contributed by atoms with Gasteiger partial charge in [-0.25, -0.2) is 0 Å². The summed E-state index contributed by atoms with van der Waals surface area (Å²) in [5.41, 5.74) is 2.64. The largest absolute Gasteiger partial charge is 0.493 e. The third-order valence-electron chi connectivity index (χ3n) is 4.28. The minimum atomic E-state index is 0.250. The molecule has 0 spiro atoms. The number of hydrogen-bond donors (Lipinski definition) is 1. The molecule has 3 nitrogen and oxygen atoms in total. The lowest BCUT2D eigenvalue weighted by atomic mass is 10.0. The molecule has 0 aliphatic carbocycles. The molecule has 108 valence electrons. The van der Waals surface area contributed by atoms with Gasteiger partial charge in [-0.15, -0.1) is 0 Å². The van der Waals surface area contributed by atoms with Crippen molar-refractivity contribution in [2.75, 3.05) is 19.7 Å². The van der Waals surface area contributed by atoms with Gasteiger partial charge in [0.15, 0.2) is 0 Å². The molecule has 2 aliphatic rings. The van der Waals surface area contributed by atoms with Gasteiger partial charge in [-0.3, -0.25) is 0 Å². The summed E-state index contributed by atoms with van der Waals surface area (Å²) in [6, 6.07) is 16.6. The summed E-state index contributed by atoms with van der Waals surface area (Å²) in [7, 11) is 0.